The molecule has 0 radical (unpaired) electrons. The minimum Gasteiger partial charge on any atom is -0.481 e. The van der Waals surface area contributed by atoms with Gasteiger partial charge in [-0.1, -0.05) is 5.92 Å². The van der Waals surface area contributed by atoms with E-state index in [9.17, 15) is 4.79 Å². The van der Waals surface area contributed by atoms with Crippen LogP contribution in [0.15, 0.2) is 0 Å². The normalized spacial score (nSPS) is 9.46. The first-order valence-corrected chi connectivity index (χ1v) is 4.08. The molecule has 0 bridgehead atoms. The molecule has 0 aromatic carbocycles. The van der Waals surface area contributed by atoms with Gasteiger partial charge in [-0.2, -0.15) is 0 Å². The molecule has 0 heterocycles. The van der Waals surface area contributed by atoms with E-state index in [0.717, 1.165) is 0 Å². The number of aliphatic carboxylic acids is 1. The Balaban J connectivity index is 2.92. The number of hydrogen-bond donors (Lipinski definition) is 1. The minimum atomic E-state index is -0.799. The van der Waals surface area contributed by atoms with Gasteiger partial charge in [-0.15, -0.1) is 6.42 Å². The molecule has 4 nitrogen and oxygen atoms in total. The molecule has 0 atom stereocenters. The number of carboxylic acid groups (broad SMARTS) is 1. The van der Waals surface area contributed by atoms with Crippen molar-refractivity contribution in [2.45, 2.75) is 12.8 Å². The van der Waals surface area contributed by atoms with E-state index in [2.05, 4.69) is 5.92 Å². The van der Waals surface area contributed by atoms with Gasteiger partial charge in [0.1, 0.15) is 6.61 Å². The van der Waals surface area contributed by atoms with Gasteiger partial charge in [0, 0.05) is 13.0 Å². The molecule has 74 valence electrons. The Morgan fingerprint density at radius 2 is 2.00 bits per heavy atom. The fourth-order valence-electron chi connectivity index (χ4n) is 0.676. The van der Waals surface area contributed by atoms with Crippen LogP contribution in [0.2, 0.25) is 0 Å². The van der Waals surface area contributed by atoms with E-state index in [1.165, 1.54) is 0 Å². The molecule has 0 aliphatic carbocycles. The zero-order chi connectivity index (χ0) is 9.94. The molecular formula is C9H14O4. The van der Waals surface area contributed by atoms with Crippen LogP contribution in [0.4, 0.5) is 0 Å². The summed E-state index contributed by atoms with van der Waals surface area (Å²) in [5.41, 5.74) is 0. The Hall–Kier alpha value is -1.05. The van der Waals surface area contributed by atoms with Gasteiger partial charge < -0.3 is 14.6 Å². The van der Waals surface area contributed by atoms with Gasteiger partial charge in [-0.25, -0.2) is 0 Å². The van der Waals surface area contributed by atoms with E-state index < -0.39 is 5.97 Å². The maximum atomic E-state index is 10.1. The molecule has 0 aliphatic heterocycles. The Morgan fingerprint density at radius 3 is 2.62 bits per heavy atom. The van der Waals surface area contributed by atoms with E-state index in [-0.39, 0.29) is 6.42 Å². The van der Waals surface area contributed by atoms with Crippen molar-refractivity contribution in [1.82, 2.24) is 0 Å². The SMILES string of the molecule is C#CCOCCOCCCC(=O)O. The second-order valence-corrected chi connectivity index (χ2v) is 2.37. The fraction of sp³-hybridized carbons (Fsp3) is 0.667. The number of carbonyl (C=O) groups is 1. The van der Waals surface area contributed by atoms with Gasteiger partial charge in [0.25, 0.3) is 0 Å². The van der Waals surface area contributed by atoms with E-state index in [1.54, 1.807) is 0 Å². The van der Waals surface area contributed by atoms with E-state index in [1.807, 2.05) is 0 Å². The molecular weight excluding hydrogens is 172 g/mol. The summed E-state index contributed by atoms with van der Waals surface area (Å²) in [4.78, 5) is 10.1. The summed E-state index contributed by atoms with van der Waals surface area (Å²) in [7, 11) is 0. The Bertz CT molecular complexity index is 171. The van der Waals surface area contributed by atoms with E-state index in [4.69, 9.17) is 21.0 Å². The summed E-state index contributed by atoms with van der Waals surface area (Å²) in [6, 6.07) is 0. The van der Waals surface area contributed by atoms with Crippen molar-refractivity contribution in [3.05, 3.63) is 0 Å². The van der Waals surface area contributed by atoms with Crippen LogP contribution in [0.3, 0.4) is 0 Å². The highest BCUT2D eigenvalue weighted by atomic mass is 16.5. The van der Waals surface area contributed by atoms with Gasteiger partial charge in [0.2, 0.25) is 0 Å². The fourth-order valence-corrected chi connectivity index (χ4v) is 0.676. The predicted molar refractivity (Wildman–Crippen MR) is 47.3 cm³/mol. The molecule has 0 spiro atoms. The molecule has 0 rings (SSSR count). The average Bonchev–Trinajstić information content (AvgIpc) is 2.09. The number of ether oxygens (including phenoxy) is 2. The van der Waals surface area contributed by atoms with Gasteiger partial charge in [0.15, 0.2) is 0 Å². The first kappa shape index (κ1) is 11.9. The van der Waals surface area contributed by atoms with Crippen LogP contribution in [0, 0.1) is 12.3 Å². The average molecular weight is 186 g/mol. The standard InChI is InChI=1S/C9H14O4/c1-2-5-12-7-8-13-6-3-4-9(10)11/h1H,3-8H2,(H,10,11). The van der Waals surface area contributed by atoms with Crippen LogP contribution < -0.4 is 0 Å². The molecule has 0 aliphatic rings. The first-order chi connectivity index (χ1) is 6.27. The van der Waals surface area contributed by atoms with Crippen LogP contribution in [-0.4, -0.2) is 37.5 Å². The second-order valence-electron chi connectivity index (χ2n) is 2.37. The molecule has 1 N–H and O–H groups in total. The topological polar surface area (TPSA) is 55.8 Å². The first-order valence-electron chi connectivity index (χ1n) is 4.08. The highest BCUT2D eigenvalue weighted by molar-refractivity contribution is 5.66. The third-order valence-electron chi connectivity index (χ3n) is 1.24. The van der Waals surface area contributed by atoms with Gasteiger partial charge in [-0.3, -0.25) is 4.79 Å². The maximum absolute atomic E-state index is 10.1. The quantitative estimate of drug-likeness (QED) is 0.443. The van der Waals surface area contributed by atoms with Crippen molar-refractivity contribution in [2.24, 2.45) is 0 Å². The summed E-state index contributed by atoms with van der Waals surface area (Å²) in [6.45, 7) is 1.66. The number of carboxylic acids is 1. The van der Waals surface area contributed by atoms with Crippen LogP contribution >= 0.6 is 0 Å². The molecule has 0 unspecified atom stereocenters. The zero-order valence-corrected chi connectivity index (χ0v) is 7.49. The third kappa shape index (κ3) is 10.9. The van der Waals surface area contributed by atoms with Crippen molar-refractivity contribution in [3.63, 3.8) is 0 Å². The Labute approximate surface area is 77.8 Å². The smallest absolute Gasteiger partial charge is 0.303 e. The number of terminal acetylenes is 1. The monoisotopic (exact) mass is 186 g/mol. The van der Waals surface area contributed by atoms with Crippen molar-refractivity contribution < 1.29 is 19.4 Å². The highest BCUT2D eigenvalue weighted by Gasteiger charge is 1.95. The molecule has 0 fully saturated rings. The lowest BCUT2D eigenvalue weighted by atomic mass is 10.3. The summed E-state index contributed by atoms with van der Waals surface area (Å²) in [5.74, 6) is 1.53. The Morgan fingerprint density at radius 1 is 1.31 bits per heavy atom. The zero-order valence-electron chi connectivity index (χ0n) is 7.49. The predicted octanol–water partition coefficient (Wildman–Crippen LogP) is 0.518. The van der Waals surface area contributed by atoms with Crippen molar-refractivity contribution >= 4 is 5.97 Å². The van der Waals surface area contributed by atoms with Crippen LogP contribution in [0.1, 0.15) is 12.8 Å². The molecule has 0 aromatic heterocycles. The Kier molecular flexibility index (Phi) is 8.31. The lowest BCUT2D eigenvalue weighted by Gasteiger charge is -2.02. The minimum absolute atomic E-state index is 0.144. The van der Waals surface area contributed by atoms with Crippen molar-refractivity contribution in [1.29, 1.82) is 0 Å². The molecule has 0 amide bonds. The van der Waals surface area contributed by atoms with E-state index >= 15 is 0 Å². The van der Waals surface area contributed by atoms with Crippen LogP contribution in [0.5, 0.6) is 0 Å². The maximum Gasteiger partial charge on any atom is 0.303 e. The van der Waals surface area contributed by atoms with Gasteiger partial charge in [0.05, 0.1) is 13.2 Å². The third-order valence-corrected chi connectivity index (χ3v) is 1.24. The number of rotatable bonds is 8. The molecule has 0 saturated heterocycles. The van der Waals surface area contributed by atoms with Crippen molar-refractivity contribution in [3.8, 4) is 12.3 Å². The van der Waals surface area contributed by atoms with Gasteiger partial charge >= 0.3 is 5.97 Å². The summed E-state index contributed by atoms with van der Waals surface area (Å²) in [6.07, 6.45) is 5.62. The van der Waals surface area contributed by atoms with Crippen LogP contribution in [0.25, 0.3) is 0 Å². The molecule has 0 saturated carbocycles. The number of hydrogen-bond acceptors (Lipinski definition) is 3. The summed E-state index contributed by atoms with van der Waals surface area (Å²) in [5, 5.41) is 8.28. The summed E-state index contributed by atoms with van der Waals surface area (Å²) < 4.78 is 10.0. The van der Waals surface area contributed by atoms with E-state index in [0.29, 0.717) is 32.8 Å². The lowest BCUT2D eigenvalue weighted by Crippen LogP contribution is -2.06. The summed E-state index contributed by atoms with van der Waals surface area (Å²) >= 11 is 0. The second kappa shape index (κ2) is 9.04. The van der Waals surface area contributed by atoms with Crippen LogP contribution in [-0.2, 0) is 14.3 Å². The molecule has 4 heteroatoms. The highest BCUT2D eigenvalue weighted by Crippen LogP contribution is 1.89. The molecule has 0 aromatic rings. The van der Waals surface area contributed by atoms with Crippen molar-refractivity contribution in [2.75, 3.05) is 26.4 Å². The lowest BCUT2D eigenvalue weighted by molar-refractivity contribution is -0.137. The van der Waals surface area contributed by atoms with Gasteiger partial charge in [-0.05, 0) is 6.42 Å². The molecule has 13 heavy (non-hydrogen) atoms. The largest absolute Gasteiger partial charge is 0.481 e.